The van der Waals surface area contributed by atoms with E-state index in [9.17, 15) is 4.79 Å². The minimum absolute atomic E-state index is 0. The van der Waals surface area contributed by atoms with Gasteiger partial charge in [-0.15, -0.1) is 12.4 Å². The number of piperazine rings is 1. The Labute approximate surface area is 133 Å². The van der Waals surface area contributed by atoms with Gasteiger partial charge in [0.2, 0.25) is 5.91 Å². The van der Waals surface area contributed by atoms with Gasteiger partial charge in [0.1, 0.15) is 5.75 Å². The first-order chi connectivity index (χ1) is 9.63. The van der Waals surface area contributed by atoms with Gasteiger partial charge in [-0.2, -0.15) is 0 Å². The summed E-state index contributed by atoms with van der Waals surface area (Å²) in [4.78, 5) is 14.4. The van der Waals surface area contributed by atoms with Crippen LogP contribution in [0.1, 0.15) is 31.9 Å². The highest BCUT2D eigenvalue weighted by atomic mass is 35.5. The van der Waals surface area contributed by atoms with E-state index in [0.29, 0.717) is 12.3 Å². The molecule has 1 aliphatic heterocycles. The first kappa shape index (κ1) is 17.8. The van der Waals surface area contributed by atoms with Crippen LogP contribution in [0.5, 0.6) is 5.75 Å². The lowest BCUT2D eigenvalue weighted by molar-refractivity contribution is -0.135. The van der Waals surface area contributed by atoms with Crippen molar-refractivity contribution in [3.05, 3.63) is 29.8 Å². The Hall–Kier alpha value is -1.26. The number of nitrogens with zero attached hydrogens (tertiary/aromatic N) is 1. The largest absolute Gasteiger partial charge is 0.496 e. The molecule has 1 unspecified atom stereocenters. The van der Waals surface area contributed by atoms with E-state index >= 15 is 0 Å². The molecule has 4 nitrogen and oxygen atoms in total. The van der Waals surface area contributed by atoms with Gasteiger partial charge in [0.05, 0.1) is 13.2 Å². The SMILES string of the molecule is COc1ccccc1C1CNCCN1C(=O)CC(C)C.Cl. The fourth-order valence-corrected chi connectivity index (χ4v) is 2.69. The molecule has 1 N–H and O–H groups in total. The van der Waals surface area contributed by atoms with Crippen LogP contribution < -0.4 is 10.1 Å². The van der Waals surface area contributed by atoms with Crippen molar-refractivity contribution in [2.24, 2.45) is 5.92 Å². The van der Waals surface area contributed by atoms with E-state index in [0.717, 1.165) is 30.9 Å². The van der Waals surface area contributed by atoms with Crippen LogP contribution in [0, 0.1) is 5.92 Å². The smallest absolute Gasteiger partial charge is 0.223 e. The van der Waals surface area contributed by atoms with Crippen LogP contribution in [0.4, 0.5) is 0 Å². The number of halogens is 1. The third-order valence-corrected chi connectivity index (χ3v) is 3.64. The van der Waals surface area contributed by atoms with Crippen molar-refractivity contribution in [3.8, 4) is 5.75 Å². The number of ether oxygens (including phenoxy) is 1. The number of amides is 1. The van der Waals surface area contributed by atoms with Crippen molar-refractivity contribution < 1.29 is 9.53 Å². The van der Waals surface area contributed by atoms with Crippen molar-refractivity contribution >= 4 is 18.3 Å². The van der Waals surface area contributed by atoms with Crippen LogP contribution in [0.25, 0.3) is 0 Å². The van der Waals surface area contributed by atoms with Crippen LogP contribution >= 0.6 is 12.4 Å². The highest BCUT2D eigenvalue weighted by Crippen LogP contribution is 2.30. The molecule has 0 bridgehead atoms. The molecule has 21 heavy (non-hydrogen) atoms. The van der Waals surface area contributed by atoms with Gasteiger partial charge in [-0.3, -0.25) is 4.79 Å². The van der Waals surface area contributed by atoms with E-state index in [-0.39, 0.29) is 24.4 Å². The van der Waals surface area contributed by atoms with Gasteiger partial charge in [-0.1, -0.05) is 32.0 Å². The van der Waals surface area contributed by atoms with Gasteiger partial charge in [0, 0.05) is 31.6 Å². The Balaban J connectivity index is 0.00000220. The average Bonchev–Trinajstić information content (AvgIpc) is 2.46. The number of para-hydroxylation sites is 1. The molecule has 2 rings (SSSR count). The van der Waals surface area contributed by atoms with Crippen molar-refractivity contribution in [2.45, 2.75) is 26.3 Å². The third kappa shape index (κ3) is 4.35. The Morgan fingerprint density at radius 1 is 1.43 bits per heavy atom. The molecule has 1 aliphatic rings. The number of hydrogen-bond acceptors (Lipinski definition) is 3. The Kier molecular flexibility index (Phi) is 6.99. The van der Waals surface area contributed by atoms with Gasteiger partial charge in [-0.25, -0.2) is 0 Å². The lowest BCUT2D eigenvalue weighted by Crippen LogP contribution is -2.49. The molecule has 5 heteroatoms. The Bertz CT molecular complexity index is 465. The summed E-state index contributed by atoms with van der Waals surface area (Å²) in [7, 11) is 1.68. The maximum atomic E-state index is 12.4. The second-order valence-corrected chi connectivity index (χ2v) is 5.65. The standard InChI is InChI=1S/C16H24N2O2.ClH/c1-12(2)10-16(19)18-9-8-17-11-14(18)13-6-4-5-7-15(13)20-3;/h4-7,12,14,17H,8-11H2,1-3H3;1H. The summed E-state index contributed by atoms with van der Waals surface area (Å²) in [5, 5.41) is 3.37. The lowest BCUT2D eigenvalue weighted by Gasteiger charge is -2.37. The van der Waals surface area contributed by atoms with Crippen molar-refractivity contribution in [3.63, 3.8) is 0 Å². The summed E-state index contributed by atoms with van der Waals surface area (Å²) < 4.78 is 5.44. The Morgan fingerprint density at radius 2 is 2.14 bits per heavy atom. The summed E-state index contributed by atoms with van der Waals surface area (Å²) in [5.41, 5.74) is 1.08. The van der Waals surface area contributed by atoms with E-state index < -0.39 is 0 Å². The molecular formula is C16H25ClN2O2. The van der Waals surface area contributed by atoms with E-state index in [1.54, 1.807) is 7.11 Å². The number of hydrogen-bond donors (Lipinski definition) is 1. The van der Waals surface area contributed by atoms with Gasteiger partial charge in [-0.05, 0) is 12.0 Å². The molecule has 1 aromatic carbocycles. The average molecular weight is 313 g/mol. The summed E-state index contributed by atoms with van der Waals surface area (Å²) in [5.74, 6) is 1.47. The van der Waals surface area contributed by atoms with Crippen LogP contribution in [0.2, 0.25) is 0 Å². The topological polar surface area (TPSA) is 41.6 Å². The van der Waals surface area contributed by atoms with Crippen molar-refractivity contribution in [1.29, 1.82) is 0 Å². The Morgan fingerprint density at radius 3 is 2.81 bits per heavy atom. The monoisotopic (exact) mass is 312 g/mol. The molecule has 118 valence electrons. The van der Waals surface area contributed by atoms with Crippen molar-refractivity contribution in [1.82, 2.24) is 10.2 Å². The maximum Gasteiger partial charge on any atom is 0.223 e. The molecule has 0 aliphatic carbocycles. The van der Waals surface area contributed by atoms with Gasteiger partial charge < -0.3 is 15.0 Å². The summed E-state index contributed by atoms with van der Waals surface area (Å²) in [6.07, 6.45) is 0.603. The number of methoxy groups -OCH3 is 1. The zero-order valence-electron chi connectivity index (χ0n) is 13.0. The van der Waals surface area contributed by atoms with Gasteiger partial charge >= 0.3 is 0 Å². The first-order valence-electron chi connectivity index (χ1n) is 7.26. The number of benzene rings is 1. The van der Waals surface area contributed by atoms with Crippen LogP contribution in [-0.2, 0) is 4.79 Å². The fourth-order valence-electron chi connectivity index (χ4n) is 2.69. The molecule has 0 saturated carbocycles. The predicted octanol–water partition coefficient (Wildman–Crippen LogP) is 2.64. The molecule has 0 aromatic heterocycles. The van der Waals surface area contributed by atoms with E-state index in [2.05, 4.69) is 19.2 Å². The third-order valence-electron chi connectivity index (χ3n) is 3.64. The maximum absolute atomic E-state index is 12.4. The normalized spacial score (nSPS) is 18.3. The number of nitrogens with one attached hydrogen (secondary N) is 1. The second kappa shape index (κ2) is 8.25. The molecule has 1 heterocycles. The minimum atomic E-state index is 0. The number of rotatable bonds is 4. The van der Waals surface area contributed by atoms with Crippen LogP contribution in [0.15, 0.2) is 24.3 Å². The molecule has 0 radical (unpaired) electrons. The number of carbonyl (C=O) groups is 1. The molecule has 1 amide bonds. The second-order valence-electron chi connectivity index (χ2n) is 5.65. The first-order valence-corrected chi connectivity index (χ1v) is 7.26. The minimum Gasteiger partial charge on any atom is -0.496 e. The fraction of sp³-hybridized carbons (Fsp3) is 0.562. The quantitative estimate of drug-likeness (QED) is 0.929. The highest BCUT2D eigenvalue weighted by molar-refractivity contribution is 5.85. The van der Waals surface area contributed by atoms with Crippen LogP contribution in [-0.4, -0.2) is 37.6 Å². The molecular weight excluding hydrogens is 288 g/mol. The molecule has 1 saturated heterocycles. The van der Waals surface area contributed by atoms with E-state index in [1.165, 1.54) is 0 Å². The van der Waals surface area contributed by atoms with Gasteiger partial charge in [0.15, 0.2) is 0 Å². The summed E-state index contributed by atoms with van der Waals surface area (Å²) >= 11 is 0. The zero-order chi connectivity index (χ0) is 14.5. The summed E-state index contributed by atoms with van der Waals surface area (Å²) in [6, 6.07) is 8.02. The predicted molar refractivity (Wildman–Crippen MR) is 87.0 cm³/mol. The highest BCUT2D eigenvalue weighted by Gasteiger charge is 2.29. The number of carbonyl (C=O) groups excluding carboxylic acids is 1. The molecule has 1 fully saturated rings. The molecule has 1 atom stereocenters. The molecule has 0 spiro atoms. The van der Waals surface area contributed by atoms with E-state index in [4.69, 9.17) is 4.74 Å². The van der Waals surface area contributed by atoms with Gasteiger partial charge in [0.25, 0.3) is 0 Å². The lowest BCUT2D eigenvalue weighted by atomic mass is 10.0. The van der Waals surface area contributed by atoms with Crippen LogP contribution in [0.3, 0.4) is 0 Å². The zero-order valence-corrected chi connectivity index (χ0v) is 13.8. The van der Waals surface area contributed by atoms with E-state index in [1.807, 2.05) is 29.2 Å². The van der Waals surface area contributed by atoms with Crippen molar-refractivity contribution in [2.75, 3.05) is 26.7 Å². The molecule has 1 aromatic rings. The summed E-state index contributed by atoms with van der Waals surface area (Å²) in [6.45, 7) is 6.56.